The van der Waals surface area contributed by atoms with Crippen LogP contribution in [0.5, 0.6) is 0 Å². The molecule has 2 rings (SSSR count). The summed E-state index contributed by atoms with van der Waals surface area (Å²) in [7, 11) is 0. The molecule has 5 heteroatoms. The summed E-state index contributed by atoms with van der Waals surface area (Å²) in [5.41, 5.74) is 1.13. The second kappa shape index (κ2) is 6.59. The summed E-state index contributed by atoms with van der Waals surface area (Å²) in [6.07, 6.45) is 1.18. The average Bonchev–Trinajstić information content (AvgIpc) is 2.38. The van der Waals surface area contributed by atoms with E-state index in [2.05, 4.69) is 35.6 Å². The predicted octanol–water partition coefficient (Wildman–Crippen LogP) is 3.05. The summed E-state index contributed by atoms with van der Waals surface area (Å²) in [5, 5.41) is 0. The lowest BCUT2D eigenvalue weighted by molar-refractivity contribution is -0.0343. The molecule has 1 aromatic heterocycles. The highest BCUT2D eigenvalue weighted by Gasteiger charge is 2.23. The smallest absolute Gasteiger partial charge is 0.138 e. The molecular weight excluding hydrogens is 258 g/mol. The number of H-pyrrole nitrogens is 1. The van der Waals surface area contributed by atoms with Gasteiger partial charge >= 0.3 is 0 Å². The lowest BCUT2D eigenvalue weighted by Crippen LogP contribution is -2.39. The van der Waals surface area contributed by atoms with Gasteiger partial charge in [-0.3, -0.25) is 4.90 Å². The van der Waals surface area contributed by atoms with Gasteiger partial charge in [0, 0.05) is 18.8 Å². The normalized spacial score (nSPS) is 20.9. The van der Waals surface area contributed by atoms with Gasteiger partial charge in [0.05, 0.1) is 6.61 Å². The third-order valence-corrected chi connectivity index (χ3v) is 3.61. The number of hydrogen-bond acceptors (Lipinski definition) is 4. The zero-order chi connectivity index (χ0) is 13.8. The van der Waals surface area contributed by atoms with Crippen LogP contribution in [0.15, 0.2) is 6.07 Å². The van der Waals surface area contributed by atoms with Gasteiger partial charge in [0.1, 0.15) is 16.6 Å². The Morgan fingerprint density at radius 1 is 1.58 bits per heavy atom. The van der Waals surface area contributed by atoms with Crippen LogP contribution in [0.1, 0.15) is 50.7 Å². The van der Waals surface area contributed by atoms with Crippen molar-refractivity contribution >= 4 is 12.2 Å². The average molecular weight is 281 g/mol. The Morgan fingerprint density at radius 3 is 3.05 bits per heavy atom. The first kappa shape index (κ1) is 14.6. The van der Waals surface area contributed by atoms with Crippen molar-refractivity contribution in [2.75, 3.05) is 26.2 Å². The van der Waals surface area contributed by atoms with Crippen molar-refractivity contribution in [3.05, 3.63) is 22.2 Å². The minimum atomic E-state index is 0.0145. The van der Waals surface area contributed by atoms with Crippen LogP contribution >= 0.6 is 12.2 Å². The Balaban J connectivity index is 2.18. The SMILES string of the molecule is CCCN1CCOC(c2nc(=S)cc(C(C)C)[nH]2)C1. The molecule has 0 radical (unpaired) electrons. The Hall–Kier alpha value is -0.780. The standard InChI is InChI=1S/C14H23N3OS/c1-4-5-17-6-7-18-12(9-17)14-15-11(10(2)3)8-13(19)16-14/h8,10,12H,4-7,9H2,1-3H3,(H,15,16,19). The molecule has 1 atom stereocenters. The van der Waals surface area contributed by atoms with E-state index in [1.54, 1.807) is 0 Å². The maximum atomic E-state index is 5.85. The zero-order valence-corrected chi connectivity index (χ0v) is 12.8. The van der Waals surface area contributed by atoms with Gasteiger partial charge in [-0.15, -0.1) is 0 Å². The fourth-order valence-electron chi connectivity index (χ4n) is 2.35. The number of ether oxygens (including phenoxy) is 1. The largest absolute Gasteiger partial charge is 0.368 e. The van der Waals surface area contributed by atoms with E-state index >= 15 is 0 Å². The van der Waals surface area contributed by atoms with Gasteiger partial charge in [0.25, 0.3) is 0 Å². The van der Waals surface area contributed by atoms with Crippen LogP contribution in [0.3, 0.4) is 0 Å². The third kappa shape index (κ3) is 3.84. The quantitative estimate of drug-likeness (QED) is 0.861. The van der Waals surface area contributed by atoms with E-state index in [1.807, 2.05) is 6.07 Å². The van der Waals surface area contributed by atoms with Crippen LogP contribution in [0.4, 0.5) is 0 Å². The van der Waals surface area contributed by atoms with Crippen molar-refractivity contribution in [1.82, 2.24) is 14.9 Å². The van der Waals surface area contributed by atoms with Gasteiger partial charge < -0.3 is 9.72 Å². The third-order valence-electron chi connectivity index (χ3n) is 3.40. The van der Waals surface area contributed by atoms with E-state index in [1.165, 1.54) is 6.42 Å². The Morgan fingerprint density at radius 2 is 2.37 bits per heavy atom. The zero-order valence-electron chi connectivity index (χ0n) is 12.0. The van der Waals surface area contributed by atoms with Crippen LogP contribution in [0.2, 0.25) is 0 Å². The molecule has 0 amide bonds. The predicted molar refractivity (Wildman–Crippen MR) is 78.9 cm³/mol. The second-order valence-corrected chi connectivity index (χ2v) is 5.79. The first-order valence-corrected chi connectivity index (χ1v) is 7.46. The van der Waals surface area contributed by atoms with Crippen molar-refractivity contribution in [2.45, 2.75) is 39.2 Å². The molecule has 1 unspecified atom stereocenters. The summed E-state index contributed by atoms with van der Waals surface area (Å²) < 4.78 is 6.50. The number of aromatic amines is 1. The topological polar surface area (TPSA) is 41.1 Å². The first-order chi connectivity index (χ1) is 9.10. The summed E-state index contributed by atoms with van der Waals surface area (Å²) in [4.78, 5) is 10.3. The number of aromatic nitrogens is 2. The summed E-state index contributed by atoms with van der Waals surface area (Å²) >= 11 is 5.26. The van der Waals surface area contributed by atoms with Crippen molar-refractivity contribution in [1.29, 1.82) is 0 Å². The van der Waals surface area contributed by atoms with Crippen LogP contribution < -0.4 is 0 Å². The highest BCUT2D eigenvalue weighted by molar-refractivity contribution is 7.71. The Bertz CT molecular complexity index is 470. The molecule has 1 saturated heterocycles. The summed E-state index contributed by atoms with van der Waals surface area (Å²) in [6.45, 7) is 10.3. The maximum Gasteiger partial charge on any atom is 0.138 e. The van der Waals surface area contributed by atoms with Crippen molar-refractivity contribution < 1.29 is 4.74 Å². The minimum absolute atomic E-state index is 0.0145. The molecule has 4 nitrogen and oxygen atoms in total. The monoisotopic (exact) mass is 281 g/mol. The number of hydrogen-bond donors (Lipinski definition) is 1. The van der Waals surface area contributed by atoms with Crippen LogP contribution in [0.25, 0.3) is 0 Å². The van der Waals surface area contributed by atoms with Gasteiger partial charge in [-0.25, -0.2) is 4.98 Å². The molecule has 1 fully saturated rings. The van der Waals surface area contributed by atoms with Crippen LogP contribution in [0, 0.1) is 4.64 Å². The summed E-state index contributed by atoms with van der Waals surface area (Å²) in [6, 6.07) is 1.94. The lowest BCUT2D eigenvalue weighted by atomic mass is 10.1. The number of nitrogens with zero attached hydrogens (tertiary/aromatic N) is 2. The summed E-state index contributed by atoms with van der Waals surface area (Å²) in [5.74, 6) is 1.29. The van der Waals surface area contributed by atoms with E-state index in [0.717, 1.165) is 37.8 Å². The van der Waals surface area contributed by atoms with E-state index in [4.69, 9.17) is 17.0 Å². The highest BCUT2D eigenvalue weighted by Crippen LogP contribution is 2.21. The van der Waals surface area contributed by atoms with E-state index in [-0.39, 0.29) is 6.10 Å². The fraction of sp³-hybridized carbons (Fsp3) is 0.714. The molecule has 1 aromatic rings. The molecule has 106 valence electrons. The number of rotatable bonds is 4. The molecule has 0 spiro atoms. The van der Waals surface area contributed by atoms with Crippen molar-refractivity contribution in [3.63, 3.8) is 0 Å². The van der Waals surface area contributed by atoms with Gasteiger partial charge in [0.2, 0.25) is 0 Å². The molecule has 0 bridgehead atoms. The van der Waals surface area contributed by atoms with Crippen LogP contribution in [-0.2, 0) is 4.74 Å². The minimum Gasteiger partial charge on any atom is -0.368 e. The van der Waals surface area contributed by atoms with E-state index < -0.39 is 0 Å². The molecule has 1 N–H and O–H groups in total. The van der Waals surface area contributed by atoms with Gasteiger partial charge in [0.15, 0.2) is 0 Å². The Kier molecular flexibility index (Phi) is 5.07. The van der Waals surface area contributed by atoms with E-state index in [9.17, 15) is 0 Å². The maximum absolute atomic E-state index is 5.85. The molecule has 0 aromatic carbocycles. The van der Waals surface area contributed by atoms with Crippen LogP contribution in [-0.4, -0.2) is 41.1 Å². The number of morpholine rings is 1. The fourth-order valence-corrected chi connectivity index (χ4v) is 2.57. The first-order valence-electron chi connectivity index (χ1n) is 7.05. The van der Waals surface area contributed by atoms with Gasteiger partial charge in [-0.2, -0.15) is 0 Å². The molecule has 19 heavy (non-hydrogen) atoms. The highest BCUT2D eigenvalue weighted by atomic mass is 32.1. The molecule has 1 aliphatic heterocycles. The molecule has 0 saturated carbocycles. The van der Waals surface area contributed by atoms with Crippen molar-refractivity contribution in [3.8, 4) is 0 Å². The van der Waals surface area contributed by atoms with E-state index in [0.29, 0.717) is 10.6 Å². The molecule has 0 aliphatic carbocycles. The Labute approximate surface area is 120 Å². The molecular formula is C14H23N3OS. The van der Waals surface area contributed by atoms with Gasteiger partial charge in [-0.1, -0.05) is 33.0 Å². The second-order valence-electron chi connectivity index (χ2n) is 5.37. The number of nitrogens with one attached hydrogen (secondary N) is 1. The lowest BCUT2D eigenvalue weighted by Gasteiger charge is -2.32. The molecule has 1 aliphatic rings. The van der Waals surface area contributed by atoms with Gasteiger partial charge in [-0.05, 0) is 24.9 Å². The molecule has 2 heterocycles. The van der Waals surface area contributed by atoms with Crippen molar-refractivity contribution in [2.24, 2.45) is 0 Å².